The van der Waals surface area contributed by atoms with E-state index in [1.54, 1.807) is 0 Å². The molecule has 4 rings (SSSR count). The van der Waals surface area contributed by atoms with Crippen LogP contribution in [0.2, 0.25) is 0 Å². The molecule has 0 aliphatic carbocycles. The zero-order chi connectivity index (χ0) is 18.3. The molecule has 2 aromatic rings. The number of nitrogens with zero attached hydrogens (tertiary/aromatic N) is 1. The van der Waals surface area contributed by atoms with Crippen molar-refractivity contribution in [3.8, 4) is 5.75 Å². The van der Waals surface area contributed by atoms with Crippen LogP contribution in [-0.2, 0) is 16.0 Å². The maximum absolute atomic E-state index is 13.1. The molecule has 0 N–H and O–H groups in total. The van der Waals surface area contributed by atoms with Crippen LogP contribution in [0.5, 0.6) is 5.75 Å². The number of carbonyl (C=O) groups excluding carboxylic acids is 1. The Morgan fingerprint density at radius 2 is 1.96 bits per heavy atom. The number of likely N-dealkylation sites (N-methyl/N-ethyl adjacent to an activating group) is 1. The summed E-state index contributed by atoms with van der Waals surface area (Å²) in [5.74, 6) is 0.709. The summed E-state index contributed by atoms with van der Waals surface area (Å²) >= 11 is 0. The molecule has 0 saturated carbocycles. The van der Waals surface area contributed by atoms with Gasteiger partial charge in [0.2, 0.25) is 0 Å². The molecule has 136 valence electrons. The summed E-state index contributed by atoms with van der Waals surface area (Å²) in [6.45, 7) is 3.28. The molecule has 0 radical (unpaired) electrons. The van der Waals surface area contributed by atoms with E-state index in [-0.39, 0.29) is 17.9 Å². The maximum Gasteiger partial charge on any atom is 0.317 e. The number of benzene rings is 2. The average Bonchev–Trinajstić information content (AvgIpc) is 3.01. The summed E-state index contributed by atoms with van der Waals surface area (Å²) in [7, 11) is 3.56. The Hall–Kier alpha value is -2.33. The first-order valence-electron chi connectivity index (χ1n) is 9.21. The largest absolute Gasteiger partial charge is 0.492 e. The van der Waals surface area contributed by atoms with Crippen LogP contribution < -0.4 is 4.74 Å². The molecule has 4 nitrogen and oxygen atoms in total. The van der Waals surface area contributed by atoms with Crippen LogP contribution >= 0.6 is 0 Å². The van der Waals surface area contributed by atoms with Gasteiger partial charge in [-0.1, -0.05) is 49.4 Å². The monoisotopic (exact) mass is 351 g/mol. The Morgan fingerprint density at radius 1 is 1.23 bits per heavy atom. The number of likely N-dealkylation sites (tertiary alicyclic amines) is 1. The Kier molecular flexibility index (Phi) is 4.23. The first kappa shape index (κ1) is 17.1. The van der Waals surface area contributed by atoms with Gasteiger partial charge in [-0.05, 0) is 30.7 Å². The van der Waals surface area contributed by atoms with E-state index in [0.29, 0.717) is 6.61 Å². The Balaban J connectivity index is 1.85. The average molecular weight is 351 g/mol. The number of hydrogen-bond donors (Lipinski definition) is 0. The second-order valence-corrected chi connectivity index (χ2v) is 7.35. The molecule has 1 saturated heterocycles. The number of para-hydroxylation sites is 1. The van der Waals surface area contributed by atoms with Crippen molar-refractivity contribution >= 4 is 5.97 Å². The molecule has 2 aliphatic rings. The van der Waals surface area contributed by atoms with Gasteiger partial charge in [-0.3, -0.25) is 9.69 Å². The molecule has 2 heterocycles. The standard InChI is InChI=1S/C22H25NO3/c1-4-15-9-11-16(12-10-15)18-13-23(2)20-17-7-5-6-8-19(17)26-14-22(18,20)21(24)25-3/h5-12,18,20H,4,13-14H2,1-3H3/t18-,20+,22-/m0/s1. The minimum Gasteiger partial charge on any atom is -0.492 e. The third-order valence-corrected chi connectivity index (χ3v) is 6.06. The van der Waals surface area contributed by atoms with E-state index in [0.717, 1.165) is 24.3 Å². The highest BCUT2D eigenvalue weighted by molar-refractivity contribution is 5.81. The molecule has 0 bridgehead atoms. The zero-order valence-corrected chi connectivity index (χ0v) is 15.6. The zero-order valence-electron chi connectivity index (χ0n) is 15.6. The molecular formula is C22H25NO3. The fraction of sp³-hybridized carbons (Fsp3) is 0.409. The quantitative estimate of drug-likeness (QED) is 0.793. The van der Waals surface area contributed by atoms with E-state index in [4.69, 9.17) is 9.47 Å². The Bertz CT molecular complexity index is 816. The number of aryl methyl sites for hydroxylation is 1. The third kappa shape index (κ3) is 2.36. The number of rotatable bonds is 3. The highest BCUT2D eigenvalue weighted by Gasteiger charge is 2.62. The number of fused-ring (bicyclic) bond motifs is 3. The minimum atomic E-state index is -0.731. The summed E-state index contributed by atoms with van der Waals surface area (Å²) in [6, 6.07) is 16.6. The molecule has 0 spiro atoms. The third-order valence-electron chi connectivity index (χ3n) is 6.06. The lowest BCUT2D eigenvalue weighted by Crippen LogP contribution is -2.48. The number of methoxy groups -OCH3 is 1. The van der Waals surface area contributed by atoms with Gasteiger partial charge in [-0.25, -0.2) is 0 Å². The van der Waals surface area contributed by atoms with Crippen LogP contribution in [0.4, 0.5) is 0 Å². The first-order chi connectivity index (χ1) is 12.6. The van der Waals surface area contributed by atoms with Crippen LogP contribution in [0.3, 0.4) is 0 Å². The predicted molar refractivity (Wildman–Crippen MR) is 100 cm³/mol. The lowest BCUT2D eigenvalue weighted by Gasteiger charge is -2.42. The van der Waals surface area contributed by atoms with Crippen LogP contribution in [0.25, 0.3) is 0 Å². The smallest absolute Gasteiger partial charge is 0.317 e. The lowest BCUT2D eigenvalue weighted by molar-refractivity contribution is -0.159. The summed E-state index contributed by atoms with van der Waals surface area (Å²) in [4.78, 5) is 15.4. The van der Waals surface area contributed by atoms with Crippen molar-refractivity contribution in [1.82, 2.24) is 4.90 Å². The van der Waals surface area contributed by atoms with E-state index in [1.807, 2.05) is 18.2 Å². The fourth-order valence-electron chi connectivity index (χ4n) is 4.76. The van der Waals surface area contributed by atoms with Gasteiger partial charge < -0.3 is 9.47 Å². The SMILES string of the molecule is CCc1ccc([C@@H]2CN(C)[C@@H]3c4ccccc4OC[C@]23C(=O)OC)cc1. The number of hydrogen-bond acceptors (Lipinski definition) is 4. The van der Waals surface area contributed by atoms with Crippen molar-refractivity contribution in [2.75, 3.05) is 27.3 Å². The number of ether oxygens (including phenoxy) is 2. The molecule has 0 aromatic heterocycles. The van der Waals surface area contributed by atoms with Crippen LogP contribution in [0.1, 0.15) is 35.6 Å². The van der Waals surface area contributed by atoms with E-state index in [2.05, 4.69) is 49.2 Å². The maximum atomic E-state index is 13.1. The van der Waals surface area contributed by atoms with Gasteiger partial charge in [0.05, 0.1) is 13.2 Å². The molecule has 2 aliphatic heterocycles. The van der Waals surface area contributed by atoms with E-state index in [1.165, 1.54) is 18.2 Å². The molecule has 2 aromatic carbocycles. The molecule has 0 unspecified atom stereocenters. The molecule has 0 amide bonds. The van der Waals surface area contributed by atoms with Gasteiger partial charge in [-0.15, -0.1) is 0 Å². The van der Waals surface area contributed by atoms with E-state index in [9.17, 15) is 4.79 Å². The Morgan fingerprint density at radius 3 is 2.65 bits per heavy atom. The van der Waals surface area contributed by atoms with Crippen molar-refractivity contribution in [2.24, 2.45) is 5.41 Å². The van der Waals surface area contributed by atoms with Crippen molar-refractivity contribution in [3.63, 3.8) is 0 Å². The van der Waals surface area contributed by atoms with Gasteiger partial charge in [0.15, 0.2) is 0 Å². The molecule has 3 atom stereocenters. The lowest BCUT2D eigenvalue weighted by atomic mass is 9.67. The normalized spacial score (nSPS) is 27.3. The van der Waals surface area contributed by atoms with Gasteiger partial charge >= 0.3 is 5.97 Å². The summed E-state index contributed by atoms with van der Waals surface area (Å²) < 4.78 is 11.4. The first-order valence-corrected chi connectivity index (χ1v) is 9.21. The molecular weight excluding hydrogens is 326 g/mol. The number of esters is 1. The fourth-order valence-corrected chi connectivity index (χ4v) is 4.76. The topological polar surface area (TPSA) is 38.8 Å². The highest BCUT2D eigenvalue weighted by atomic mass is 16.5. The predicted octanol–water partition coefficient (Wildman–Crippen LogP) is 3.57. The van der Waals surface area contributed by atoms with Crippen molar-refractivity contribution < 1.29 is 14.3 Å². The Labute approximate surface area is 154 Å². The summed E-state index contributed by atoms with van der Waals surface area (Å²) in [6.07, 6.45) is 1.01. The van der Waals surface area contributed by atoms with Crippen LogP contribution in [0.15, 0.2) is 48.5 Å². The van der Waals surface area contributed by atoms with Crippen molar-refractivity contribution in [3.05, 3.63) is 65.2 Å². The van der Waals surface area contributed by atoms with Crippen molar-refractivity contribution in [1.29, 1.82) is 0 Å². The minimum absolute atomic E-state index is 0.0317. The van der Waals surface area contributed by atoms with E-state index >= 15 is 0 Å². The molecule has 1 fully saturated rings. The summed E-state index contributed by atoms with van der Waals surface area (Å²) in [5, 5.41) is 0. The molecule has 26 heavy (non-hydrogen) atoms. The van der Waals surface area contributed by atoms with Gasteiger partial charge in [0, 0.05) is 18.0 Å². The van der Waals surface area contributed by atoms with Gasteiger partial charge in [0.25, 0.3) is 0 Å². The van der Waals surface area contributed by atoms with Gasteiger partial charge in [0.1, 0.15) is 17.8 Å². The van der Waals surface area contributed by atoms with Gasteiger partial charge in [-0.2, -0.15) is 0 Å². The number of carbonyl (C=O) groups is 1. The summed E-state index contributed by atoms with van der Waals surface area (Å²) in [5.41, 5.74) is 2.81. The molecule has 4 heteroatoms. The second-order valence-electron chi connectivity index (χ2n) is 7.35. The van der Waals surface area contributed by atoms with Crippen molar-refractivity contribution in [2.45, 2.75) is 25.3 Å². The van der Waals surface area contributed by atoms with E-state index < -0.39 is 5.41 Å². The van der Waals surface area contributed by atoms with Crippen LogP contribution in [0, 0.1) is 5.41 Å². The second kappa shape index (κ2) is 6.44. The van der Waals surface area contributed by atoms with Crippen LogP contribution in [-0.4, -0.2) is 38.2 Å². The highest BCUT2D eigenvalue weighted by Crippen LogP contribution is 2.58.